The second kappa shape index (κ2) is 10.3. The topological polar surface area (TPSA) is 72.2 Å². The SMILES string of the molecule is COCC(=O)N(CC(=O)N(Cc1ccco1)CC1CCCO1)CC(C)C. The van der Waals surface area contributed by atoms with Gasteiger partial charge in [0, 0.05) is 26.8 Å². The minimum absolute atomic E-state index is 0.0239. The van der Waals surface area contributed by atoms with Gasteiger partial charge in [0.1, 0.15) is 12.4 Å². The molecule has 26 heavy (non-hydrogen) atoms. The summed E-state index contributed by atoms with van der Waals surface area (Å²) in [5.74, 6) is 0.696. The Bertz CT molecular complexity index is 552. The first kappa shape index (κ1) is 20.5. The Hall–Kier alpha value is -1.86. The Morgan fingerprint density at radius 1 is 1.31 bits per heavy atom. The van der Waals surface area contributed by atoms with Gasteiger partial charge in [-0.05, 0) is 30.9 Å². The molecule has 0 aliphatic carbocycles. The summed E-state index contributed by atoms with van der Waals surface area (Å²) in [5, 5.41) is 0. The molecule has 1 aliphatic heterocycles. The average Bonchev–Trinajstić information content (AvgIpc) is 3.27. The summed E-state index contributed by atoms with van der Waals surface area (Å²) in [6, 6.07) is 3.65. The van der Waals surface area contributed by atoms with E-state index in [1.54, 1.807) is 22.1 Å². The number of hydrogen-bond acceptors (Lipinski definition) is 5. The van der Waals surface area contributed by atoms with Crippen molar-refractivity contribution in [2.45, 2.75) is 39.3 Å². The molecule has 2 amide bonds. The normalized spacial score (nSPS) is 16.8. The number of hydrogen-bond donors (Lipinski definition) is 0. The van der Waals surface area contributed by atoms with Crippen molar-refractivity contribution >= 4 is 11.8 Å². The number of furan rings is 1. The highest BCUT2D eigenvalue weighted by Gasteiger charge is 2.26. The monoisotopic (exact) mass is 366 g/mol. The van der Waals surface area contributed by atoms with Crippen LogP contribution in [0.1, 0.15) is 32.4 Å². The summed E-state index contributed by atoms with van der Waals surface area (Å²) in [5.41, 5.74) is 0. The number of nitrogens with zero attached hydrogens (tertiary/aromatic N) is 2. The van der Waals surface area contributed by atoms with Gasteiger partial charge in [-0.25, -0.2) is 0 Å². The fourth-order valence-electron chi connectivity index (χ4n) is 3.05. The van der Waals surface area contributed by atoms with Crippen LogP contribution in [0, 0.1) is 5.92 Å². The molecule has 1 atom stereocenters. The summed E-state index contributed by atoms with van der Waals surface area (Å²) in [7, 11) is 1.48. The predicted octanol–water partition coefficient (Wildman–Crippen LogP) is 1.92. The molecule has 7 nitrogen and oxygen atoms in total. The minimum atomic E-state index is -0.176. The zero-order valence-electron chi connectivity index (χ0n) is 16.0. The van der Waals surface area contributed by atoms with Crippen LogP contribution >= 0.6 is 0 Å². The summed E-state index contributed by atoms with van der Waals surface area (Å²) in [6.45, 7) is 6.18. The molecule has 1 fully saturated rings. The fraction of sp³-hybridized carbons (Fsp3) is 0.684. The Labute approximate surface area is 155 Å². The number of rotatable bonds is 10. The van der Waals surface area contributed by atoms with E-state index in [4.69, 9.17) is 13.9 Å². The molecular weight excluding hydrogens is 336 g/mol. The zero-order chi connectivity index (χ0) is 18.9. The van der Waals surface area contributed by atoms with Crippen LogP contribution in [-0.2, 0) is 25.6 Å². The average molecular weight is 366 g/mol. The van der Waals surface area contributed by atoms with E-state index in [0.717, 1.165) is 25.2 Å². The first-order valence-electron chi connectivity index (χ1n) is 9.18. The third-order valence-electron chi connectivity index (χ3n) is 4.26. The first-order chi connectivity index (χ1) is 12.5. The van der Waals surface area contributed by atoms with Gasteiger partial charge in [0.15, 0.2) is 0 Å². The number of ether oxygens (including phenoxy) is 2. The summed E-state index contributed by atoms with van der Waals surface area (Å²) < 4.78 is 16.0. The summed E-state index contributed by atoms with van der Waals surface area (Å²) >= 11 is 0. The molecule has 1 saturated heterocycles. The smallest absolute Gasteiger partial charge is 0.249 e. The van der Waals surface area contributed by atoms with Gasteiger partial charge in [-0.2, -0.15) is 0 Å². The number of amides is 2. The van der Waals surface area contributed by atoms with Crippen molar-refractivity contribution in [1.82, 2.24) is 9.80 Å². The van der Waals surface area contributed by atoms with Crippen molar-refractivity contribution < 1.29 is 23.5 Å². The van der Waals surface area contributed by atoms with Gasteiger partial charge in [0.05, 0.1) is 25.5 Å². The van der Waals surface area contributed by atoms with Crippen molar-refractivity contribution in [2.75, 3.05) is 40.0 Å². The molecule has 1 unspecified atom stereocenters. The lowest BCUT2D eigenvalue weighted by atomic mass is 10.2. The number of carbonyl (C=O) groups is 2. The Morgan fingerprint density at radius 3 is 2.69 bits per heavy atom. The van der Waals surface area contributed by atoms with E-state index in [9.17, 15) is 9.59 Å². The quantitative estimate of drug-likeness (QED) is 0.633. The van der Waals surface area contributed by atoms with Crippen LogP contribution in [0.4, 0.5) is 0 Å². The van der Waals surface area contributed by atoms with Gasteiger partial charge >= 0.3 is 0 Å². The van der Waals surface area contributed by atoms with E-state index in [1.165, 1.54) is 7.11 Å². The van der Waals surface area contributed by atoms with E-state index >= 15 is 0 Å². The standard InChI is InChI=1S/C19H30N2O5/c1-15(2)10-20(19(23)14-24-3)13-18(22)21(11-16-6-4-8-25-16)12-17-7-5-9-26-17/h4,6,8,15,17H,5,7,9-14H2,1-3H3. The third-order valence-corrected chi connectivity index (χ3v) is 4.26. The van der Waals surface area contributed by atoms with Crippen LogP contribution in [0.15, 0.2) is 22.8 Å². The maximum absolute atomic E-state index is 13.0. The van der Waals surface area contributed by atoms with Crippen molar-refractivity contribution in [1.29, 1.82) is 0 Å². The molecule has 146 valence electrons. The maximum Gasteiger partial charge on any atom is 0.249 e. The molecule has 7 heteroatoms. The lowest BCUT2D eigenvalue weighted by Gasteiger charge is -2.29. The van der Waals surface area contributed by atoms with Crippen LogP contribution in [-0.4, -0.2) is 67.7 Å². The van der Waals surface area contributed by atoms with Gasteiger partial charge in [0.25, 0.3) is 0 Å². The van der Waals surface area contributed by atoms with Crippen LogP contribution in [0.25, 0.3) is 0 Å². The van der Waals surface area contributed by atoms with Crippen molar-refractivity contribution in [3.63, 3.8) is 0 Å². The summed E-state index contributed by atoms with van der Waals surface area (Å²) in [4.78, 5) is 28.5. The fourth-order valence-corrected chi connectivity index (χ4v) is 3.05. The van der Waals surface area contributed by atoms with Gasteiger partial charge in [0.2, 0.25) is 11.8 Å². The number of methoxy groups -OCH3 is 1. The highest BCUT2D eigenvalue weighted by molar-refractivity contribution is 5.85. The van der Waals surface area contributed by atoms with Gasteiger partial charge in [-0.3, -0.25) is 9.59 Å². The molecule has 0 saturated carbocycles. The Morgan fingerprint density at radius 2 is 2.12 bits per heavy atom. The number of carbonyl (C=O) groups excluding carboxylic acids is 2. The highest BCUT2D eigenvalue weighted by atomic mass is 16.5. The van der Waals surface area contributed by atoms with Crippen LogP contribution in [0.3, 0.4) is 0 Å². The van der Waals surface area contributed by atoms with E-state index < -0.39 is 0 Å². The molecule has 2 heterocycles. The predicted molar refractivity (Wildman–Crippen MR) is 96.4 cm³/mol. The maximum atomic E-state index is 13.0. The summed E-state index contributed by atoms with van der Waals surface area (Å²) in [6.07, 6.45) is 3.60. The minimum Gasteiger partial charge on any atom is -0.467 e. The second-order valence-corrected chi connectivity index (χ2v) is 7.09. The van der Waals surface area contributed by atoms with Gasteiger partial charge < -0.3 is 23.7 Å². The second-order valence-electron chi connectivity index (χ2n) is 7.09. The third kappa shape index (κ3) is 6.46. The largest absolute Gasteiger partial charge is 0.467 e. The Balaban J connectivity index is 2.04. The lowest BCUT2D eigenvalue weighted by Crippen LogP contribution is -2.46. The molecule has 0 bridgehead atoms. The van der Waals surface area contributed by atoms with Crippen molar-refractivity contribution in [3.8, 4) is 0 Å². The van der Waals surface area contributed by atoms with Crippen LogP contribution in [0.2, 0.25) is 0 Å². The molecule has 0 N–H and O–H groups in total. The van der Waals surface area contributed by atoms with Gasteiger partial charge in [-0.15, -0.1) is 0 Å². The van der Waals surface area contributed by atoms with Crippen LogP contribution in [0.5, 0.6) is 0 Å². The van der Waals surface area contributed by atoms with E-state index in [1.807, 2.05) is 19.9 Å². The van der Waals surface area contributed by atoms with E-state index in [2.05, 4.69) is 0 Å². The molecule has 0 radical (unpaired) electrons. The first-order valence-corrected chi connectivity index (χ1v) is 9.18. The molecular formula is C19H30N2O5. The Kier molecular flexibility index (Phi) is 8.12. The zero-order valence-corrected chi connectivity index (χ0v) is 16.0. The van der Waals surface area contributed by atoms with Gasteiger partial charge in [-0.1, -0.05) is 13.8 Å². The van der Waals surface area contributed by atoms with E-state index in [-0.39, 0.29) is 37.0 Å². The highest BCUT2D eigenvalue weighted by Crippen LogP contribution is 2.16. The van der Waals surface area contributed by atoms with Crippen LogP contribution < -0.4 is 0 Å². The van der Waals surface area contributed by atoms with Crippen molar-refractivity contribution in [3.05, 3.63) is 24.2 Å². The molecule has 1 aliphatic rings. The molecule has 2 rings (SSSR count). The molecule has 1 aromatic rings. The molecule has 0 spiro atoms. The molecule has 1 aromatic heterocycles. The lowest BCUT2D eigenvalue weighted by molar-refractivity contribution is -0.144. The van der Waals surface area contributed by atoms with Crippen molar-refractivity contribution in [2.24, 2.45) is 5.92 Å². The van der Waals surface area contributed by atoms with E-state index in [0.29, 0.717) is 19.6 Å². The molecule has 0 aromatic carbocycles.